The van der Waals surface area contributed by atoms with Crippen LogP contribution in [0.4, 0.5) is 4.79 Å². The summed E-state index contributed by atoms with van der Waals surface area (Å²) in [6.45, 7) is 7.18. The Labute approximate surface area is 138 Å². The van der Waals surface area contributed by atoms with Crippen molar-refractivity contribution in [3.05, 3.63) is 35.9 Å². The van der Waals surface area contributed by atoms with Crippen LogP contribution in [0.5, 0.6) is 0 Å². The zero-order valence-corrected chi connectivity index (χ0v) is 14.2. The highest BCUT2D eigenvalue weighted by atomic mass is 16.6. The number of rotatable bonds is 5. The summed E-state index contributed by atoms with van der Waals surface area (Å²) in [6.07, 6.45) is 0.519. The molecule has 2 N–H and O–H groups in total. The molecular formula is C18H28N2O3. The molecule has 3 atom stereocenters. The maximum absolute atomic E-state index is 11.7. The molecule has 0 aromatic heterocycles. The lowest BCUT2D eigenvalue weighted by atomic mass is 9.96. The molecular weight excluding hydrogens is 292 g/mol. The van der Waals surface area contributed by atoms with Crippen LogP contribution in [0.15, 0.2) is 30.3 Å². The highest BCUT2D eigenvalue weighted by Gasteiger charge is 2.32. The Morgan fingerprint density at radius 2 is 2.09 bits per heavy atom. The van der Waals surface area contributed by atoms with Crippen LogP contribution in [0.1, 0.15) is 45.2 Å². The SMILES string of the molecule is CCC(c1ccccc1)N1CCC(NC(=O)OC(C)C)C(O)C1. The molecule has 3 unspecified atom stereocenters. The maximum atomic E-state index is 11.7. The number of piperidine rings is 1. The zero-order chi connectivity index (χ0) is 16.8. The van der Waals surface area contributed by atoms with Crippen LogP contribution in [0.2, 0.25) is 0 Å². The number of hydrogen-bond donors (Lipinski definition) is 2. The normalized spacial score (nSPS) is 23.5. The van der Waals surface area contributed by atoms with E-state index in [-0.39, 0.29) is 12.1 Å². The molecule has 1 saturated heterocycles. The molecule has 5 heteroatoms. The molecule has 1 aromatic rings. The van der Waals surface area contributed by atoms with Crippen LogP contribution >= 0.6 is 0 Å². The fraction of sp³-hybridized carbons (Fsp3) is 0.611. The largest absolute Gasteiger partial charge is 0.447 e. The average Bonchev–Trinajstić information content (AvgIpc) is 2.51. The molecule has 0 spiro atoms. The maximum Gasteiger partial charge on any atom is 0.407 e. The molecule has 1 fully saturated rings. The van der Waals surface area contributed by atoms with Gasteiger partial charge in [-0.15, -0.1) is 0 Å². The van der Waals surface area contributed by atoms with E-state index in [4.69, 9.17) is 4.74 Å². The third-order valence-electron chi connectivity index (χ3n) is 4.27. The lowest BCUT2D eigenvalue weighted by Gasteiger charge is -2.40. The summed E-state index contributed by atoms with van der Waals surface area (Å²) in [5, 5.41) is 13.2. The Bertz CT molecular complexity index is 492. The first kappa shape index (κ1) is 17.8. The lowest BCUT2D eigenvalue weighted by molar-refractivity contribution is 0.0159. The van der Waals surface area contributed by atoms with Gasteiger partial charge in [0.2, 0.25) is 0 Å². The van der Waals surface area contributed by atoms with Crippen LogP contribution in [0, 0.1) is 0 Å². The van der Waals surface area contributed by atoms with E-state index in [1.165, 1.54) is 5.56 Å². The number of aliphatic hydroxyl groups is 1. The summed E-state index contributed by atoms with van der Waals surface area (Å²) in [7, 11) is 0. The Morgan fingerprint density at radius 1 is 1.39 bits per heavy atom. The summed E-state index contributed by atoms with van der Waals surface area (Å²) >= 11 is 0. The molecule has 0 saturated carbocycles. The number of benzene rings is 1. The monoisotopic (exact) mass is 320 g/mol. The molecule has 1 aliphatic rings. The molecule has 0 bridgehead atoms. The number of ether oxygens (including phenoxy) is 1. The molecule has 128 valence electrons. The summed E-state index contributed by atoms with van der Waals surface area (Å²) in [5.41, 5.74) is 1.27. The predicted molar refractivity (Wildman–Crippen MR) is 90.2 cm³/mol. The quantitative estimate of drug-likeness (QED) is 0.876. The third-order valence-corrected chi connectivity index (χ3v) is 4.27. The molecule has 1 heterocycles. The van der Waals surface area contributed by atoms with Gasteiger partial charge < -0.3 is 15.2 Å². The number of nitrogens with zero attached hydrogens (tertiary/aromatic N) is 1. The molecule has 2 rings (SSSR count). The highest BCUT2D eigenvalue weighted by molar-refractivity contribution is 5.67. The predicted octanol–water partition coefficient (Wildman–Crippen LogP) is 2.71. The van der Waals surface area contributed by atoms with Gasteiger partial charge in [0, 0.05) is 19.1 Å². The number of carbonyl (C=O) groups excluding carboxylic acids is 1. The molecule has 23 heavy (non-hydrogen) atoms. The zero-order valence-electron chi connectivity index (χ0n) is 14.2. The van der Waals surface area contributed by atoms with Crippen LogP contribution in [-0.4, -0.2) is 47.4 Å². The van der Waals surface area contributed by atoms with Crippen LogP contribution in [0.3, 0.4) is 0 Å². The van der Waals surface area contributed by atoms with Crippen molar-refractivity contribution in [3.8, 4) is 0 Å². The van der Waals surface area contributed by atoms with Gasteiger partial charge in [0.05, 0.1) is 18.2 Å². The van der Waals surface area contributed by atoms with Crippen LogP contribution in [-0.2, 0) is 4.74 Å². The van der Waals surface area contributed by atoms with Crippen molar-refractivity contribution in [2.45, 2.75) is 57.9 Å². The third kappa shape index (κ3) is 4.94. The number of hydrogen-bond acceptors (Lipinski definition) is 4. The fourth-order valence-electron chi connectivity index (χ4n) is 3.19. The first-order valence-corrected chi connectivity index (χ1v) is 8.45. The molecule has 1 aromatic carbocycles. The van der Waals surface area contributed by atoms with E-state index in [1.54, 1.807) is 0 Å². The fourth-order valence-corrected chi connectivity index (χ4v) is 3.19. The second-order valence-corrected chi connectivity index (χ2v) is 6.39. The summed E-state index contributed by atoms with van der Waals surface area (Å²) < 4.78 is 5.09. The van der Waals surface area contributed by atoms with E-state index in [0.717, 1.165) is 19.4 Å². The molecule has 1 aliphatic heterocycles. The first-order valence-electron chi connectivity index (χ1n) is 8.45. The van der Waals surface area contributed by atoms with Gasteiger partial charge in [0.1, 0.15) is 0 Å². The number of likely N-dealkylation sites (tertiary alicyclic amines) is 1. The first-order chi connectivity index (χ1) is 11.0. The van der Waals surface area contributed by atoms with Crippen molar-refractivity contribution < 1.29 is 14.6 Å². The second kappa shape index (κ2) is 8.31. The van der Waals surface area contributed by atoms with E-state index in [9.17, 15) is 9.90 Å². The number of carbonyl (C=O) groups is 1. The number of nitrogens with one attached hydrogen (secondary N) is 1. The molecule has 5 nitrogen and oxygen atoms in total. The van der Waals surface area contributed by atoms with E-state index >= 15 is 0 Å². The molecule has 0 radical (unpaired) electrons. The van der Waals surface area contributed by atoms with Crippen molar-refractivity contribution in [1.29, 1.82) is 0 Å². The second-order valence-electron chi connectivity index (χ2n) is 6.39. The van der Waals surface area contributed by atoms with Gasteiger partial charge in [-0.05, 0) is 32.3 Å². The van der Waals surface area contributed by atoms with Gasteiger partial charge in [0.25, 0.3) is 0 Å². The summed E-state index contributed by atoms with van der Waals surface area (Å²) in [6, 6.07) is 10.4. The van der Waals surface area contributed by atoms with Crippen LogP contribution < -0.4 is 5.32 Å². The number of aliphatic hydroxyl groups excluding tert-OH is 1. The van der Waals surface area contributed by atoms with E-state index in [1.807, 2.05) is 32.0 Å². The van der Waals surface area contributed by atoms with Gasteiger partial charge >= 0.3 is 6.09 Å². The van der Waals surface area contributed by atoms with Gasteiger partial charge in [0.15, 0.2) is 0 Å². The minimum Gasteiger partial charge on any atom is -0.447 e. The average molecular weight is 320 g/mol. The Morgan fingerprint density at radius 3 is 2.65 bits per heavy atom. The number of amides is 1. The smallest absolute Gasteiger partial charge is 0.407 e. The Hall–Kier alpha value is -1.59. The van der Waals surface area contributed by atoms with E-state index in [2.05, 4.69) is 29.3 Å². The Kier molecular flexibility index (Phi) is 6.42. The molecule has 0 aliphatic carbocycles. The molecule has 1 amide bonds. The van der Waals surface area contributed by atoms with E-state index in [0.29, 0.717) is 12.6 Å². The highest BCUT2D eigenvalue weighted by Crippen LogP contribution is 2.27. The van der Waals surface area contributed by atoms with Gasteiger partial charge in [-0.25, -0.2) is 4.79 Å². The topological polar surface area (TPSA) is 61.8 Å². The van der Waals surface area contributed by atoms with Gasteiger partial charge in [-0.1, -0.05) is 37.3 Å². The van der Waals surface area contributed by atoms with Gasteiger partial charge in [-0.2, -0.15) is 0 Å². The standard InChI is InChI=1S/C18H28N2O3/c1-4-16(14-8-6-5-7-9-14)20-11-10-15(17(21)12-20)19-18(22)23-13(2)3/h5-9,13,15-17,21H,4,10-12H2,1-3H3,(H,19,22). The number of β-amino-alcohol motifs (C(OH)–C–C–N with tert-alkyl or cyclic N) is 1. The Balaban J connectivity index is 1.93. The lowest BCUT2D eigenvalue weighted by Crippen LogP contribution is -2.54. The number of alkyl carbamates (subject to hydrolysis) is 1. The van der Waals surface area contributed by atoms with Crippen LogP contribution in [0.25, 0.3) is 0 Å². The van der Waals surface area contributed by atoms with Crippen molar-refractivity contribution >= 4 is 6.09 Å². The summed E-state index contributed by atoms with van der Waals surface area (Å²) in [5.74, 6) is 0. The van der Waals surface area contributed by atoms with Crippen molar-refractivity contribution in [2.24, 2.45) is 0 Å². The van der Waals surface area contributed by atoms with Crippen molar-refractivity contribution in [3.63, 3.8) is 0 Å². The van der Waals surface area contributed by atoms with Crippen molar-refractivity contribution in [2.75, 3.05) is 13.1 Å². The van der Waals surface area contributed by atoms with E-state index < -0.39 is 12.2 Å². The van der Waals surface area contributed by atoms with Gasteiger partial charge in [-0.3, -0.25) is 4.90 Å². The minimum absolute atomic E-state index is 0.158. The van der Waals surface area contributed by atoms with Crippen molar-refractivity contribution in [1.82, 2.24) is 10.2 Å². The summed E-state index contributed by atoms with van der Waals surface area (Å²) in [4.78, 5) is 14.0. The minimum atomic E-state index is -0.582.